The van der Waals surface area contributed by atoms with Crippen LogP contribution in [0.5, 0.6) is 0 Å². The molecule has 0 amide bonds. The molecule has 0 saturated carbocycles. The van der Waals surface area contributed by atoms with Crippen LogP contribution in [0.1, 0.15) is 26.2 Å². The molecule has 1 fully saturated rings. The lowest BCUT2D eigenvalue weighted by molar-refractivity contribution is -0.0880. The largest absolute Gasteiger partial charge is 0.357 e. The van der Waals surface area contributed by atoms with Gasteiger partial charge in [0.15, 0.2) is 0 Å². The molecular weight excluding hydrogens is 178 g/mol. The van der Waals surface area contributed by atoms with E-state index < -0.39 is 0 Å². The van der Waals surface area contributed by atoms with Crippen molar-refractivity contribution in [3.8, 4) is 0 Å². The molecule has 1 N–H and O–H groups in total. The zero-order chi connectivity index (χ0) is 10.4. The van der Waals surface area contributed by atoms with Crippen molar-refractivity contribution in [3.05, 3.63) is 12.4 Å². The number of aliphatic imine (C=N–C) groups is 1. The fourth-order valence-corrected chi connectivity index (χ4v) is 1.58. The minimum atomic E-state index is 0.0740. The Hall–Kier alpha value is -0.870. The summed E-state index contributed by atoms with van der Waals surface area (Å²) in [4.78, 5) is 4.13. The van der Waals surface area contributed by atoms with Crippen LogP contribution in [-0.2, 0) is 4.74 Å². The van der Waals surface area contributed by atoms with Crippen molar-refractivity contribution in [1.82, 2.24) is 10.4 Å². The minimum absolute atomic E-state index is 0.0740. The van der Waals surface area contributed by atoms with Gasteiger partial charge >= 0.3 is 0 Å². The second kappa shape index (κ2) is 5.78. The van der Waals surface area contributed by atoms with Gasteiger partial charge in [0.1, 0.15) is 12.0 Å². The number of hydrazine groups is 1. The zero-order valence-corrected chi connectivity index (χ0v) is 8.99. The predicted molar refractivity (Wildman–Crippen MR) is 57.8 cm³/mol. The molecule has 1 unspecified atom stereocenters. The fourth-order valence-electron chi connectivity index (χ4n) is 1.58. The van der Waals surface area contributed by atoms with Gasteiger partial charge in [-0.2, -0.15) is 0 Å². The number of hydrogen-bond acceptors (Lipinski definition) is 4. The molecule has 0 bridgehead atoms. The smallest absolute Gasteiger partial charge is 0.145 e. The first-order chi connectivity index (χ1) is 6.79. The van der Waals surface area contributed by atoms with Crippen LogP contribution in [0.4, 0.5) is 0 Å². The van der Waals surface area contributed by atoms with E-state index in [0.29, 0.717) is 5.82 Å². The normalized spacial score (nSPS) is 22.6. The van der Waals surface area contributed by atoms with Gasteiger partial charge in [0.25, 0.3) is 0 Å². The quantitative estimate of drug-likeness (QED) is 0.548. The number of nitrogens with one attached hydrogen (secondary N) is 1. The van der Waals surface area contributed by atoms with E-state index in [2.05, 4.69) is 17.0 Å². The van der Waals surface area contributed by atoms with E-state index in [1.807, 2.05) is 19.0 Å². The van der Waals surface area contributed by atoms with E-state index in [1.54, 1.807) is 6.21 Å². The molecule has 0 radical (unpaired) electrons. The Morgan fingerprint density at radius 2 is 2.43 bits per heavy atom. The standard InChI is InChI=1S/C10H19N3O/c1-4-12-9(2)13(11-3)10-7-5-6-8-14-10/h4,10-11H,2,5-8H2,1,3H3. The molecule has 80 valence electrons. The summed E-state index contributed by atoms with van der Waals surface area (Å²) in [6, 6.07) is 0. The van der Waals surface area contributed by atoms with Crippen LogP contribution < -0.4 is 5.43 Å². The highest BCUT2D eigenvalue weighted by Crippen LogP contribution is 2.18. The molecule has 0 aromatic rings. The average molecular weight is 197 g/mol. The van der Waals surface area contributed by atoms with Crippen LogP contribution in [0, 0.1) is 0 Å². The Balaban J connectivity index is 2.55. The van der Waals surface area contributed by atoms with Gasteiger partial charge in [-0.3, -0.25) is 5.01 Å². The fraction of sp³-hybridized carbons (Fsp3) is 0.700. The first kappa shape index (κ1) is 11.2. The van der Waals surface area contributed by atoms with Gasteiger partial charge in [0.05, 0.1) is 0 Å². The van der Waals surface area contributed by atoms with Crippen LogP contribution in [-0.4, -0.2) is 31.1 Å². The van der Waals surface area contributed by atoms with E-state index in [0.717, 1.165) is 19.4 Å². The Morgan fingerprint density at radius 3 is 2.93 bits per heavy atom. The summed E-state index contributed by atoms with van der Waals surface area (Å²) in [5, 5.41) is 1.87. The first-order valence-electron chi connectivity index (χ1n) is 5.05. The summed E-state index contributed by atoms with van der Waals surface area (Å²) in [6.45, 7) is 6.58. The molecular formula is C10H19N3O. The lowest BCUT2D eigenvalue weighted by Gasteiger charge is -2.34. The maximum atomic E-state index is 5.63. The molecule has 0 aromatic heterocycles. The Bertz CT molecular complexity index is 209. The van der Waals surface area contributed by atoms with Crippen molar-refractivity contribution in [3.63, 3.8) is 0 Å². The third-order valence-corrected chi connectivity index (χ3v) is 2.24. The van der Waals surface area contributed by atoms with Crippen molar-refractivity contribution in [2.24, 2.45) is 4.99 Å². The van der Waals surface area contributed by atoms with Crippen molar-refractivity contribution >= 4 is 6.21 Å². The maximum Gasteiger partial charge on any atom is 0.145 e. The molecule has 1 aliphatic heterocycles. The van der Waals surface area contributed by atoms with Crippen molar-refractivity contribution < 1.29 is 4.74 Å². The number of hydrogen-bond donors (Lipinski definition) is 1. The second-order valence-electron chi connectivity index (χ2n) is 3.22. The van der Waals surface area contributed by atoms with E-state index in [-0.39, 0.29) is 6.23 Å². The summed E-state index contributed by atoms with van der Waals surface area (Å²) in [5.41, 5.74) is 3.05. The summed E-state index contributed by atoms with van der Waals surface area (Å²) >= 11 is 0. The highest BCUT2D eigenvalue weighted by atomic mass is 16.5. The van der Waals surface area contributed by atoms with Crippen molar-refractivity contribution in [2.45, 2.75) is 32.4 Å². The molecule has 0 spiro atoms. The molecule has 1 aliphatic rings. The number of ether oxygens (including phenoxy) is 1. The summed E-state index contributed by atoms with van der Waals surface area (Å²) < 4.78 is 5.63. The van der Waals surface area contributed by atoms with Crippen LogP contribution >= 0.6 is 0 Å². The van der Waals surface area contributed by atoms with Gasteiger partial charge in [-0.05, 0) is 26.2 Å². The topological polar surface area (TPSA) is 36.9 Å². The number of rotatable bonds is 4. The molecule has 0 aliphatic carbocycles. The van der Waals surface area contributed by atoms with E-state index in [9.17, 15) is 0 Å². The monoisotopic (exact) mass is 197 g/mol. The number of nitrogens with zero attached hydrogens (tertiary/aromatic N) is 2. The molecule has 1 atom stereocenters. The van der Waals surface area contributed by atoms with Crippen LogP contribution in [0.3, 0.4) is 0 Å². The lowest BCUT2D eigenvalue weighted by Crippen LogP contribution is -2.45. The Morgan fingerprint density at radius 1 is 1.64 bits per heavy atom. The first-order valence-corrected chi connectivity index (χ1v) is 5.05. The average Bonchev–Trinajstić information content (AvgIpc) is 2.21. The highest BCUT2D eigenvalue weighted by molar-refractivity contribution is 5.54. The molecule has 14 heavy (non-hydrogen) atoms. The predicted octanol–water partition coefficient (Wildman–Crippen LogP) is 1.51. The van der Waals surface area contributed by atoms with E-state index in [1.165, 1.54) is 6.42 Å². The molecule has 4 heteroatoms. The van der Waals surface area contributed by atoms with Crippen LogP contribution in [0.2, 0.25) is 0 Å². The highest BCUT2D eigenvalue weighted by Gasteiger charge is 2.21. The molecule has 1 saturated heterocycles. The van der Waals surface area contributed by atoms with Gasteiger partial charge in [-0.25, -0.2) is 10.4 Å². The van der Waals surface area contributed by atoms with Crippen LogP contribution in [0.15, 0.2) is 17.4 Å². The van der Waals surface area contributed by atoms with Crippen molar-refractivity contribution in [1.29, 1.82) is 0 Å². The molecule has 1 heterocycles. The summed E-state index contributed by atoms with van der Waals surface area (Å²) in [7, 11) is 1.86. The van der Waals surface area contributed by atoms with Crippen LogP contribution in [0.25, 0.3) is 0 Å². The maximum absolute atomic E-state index is 5.63. The van der Waals surface area contributed by atoms with Crippen molar-refractivity contribution in [2.75, 3.05) is 13.7 Å². The van der Waals surface area contributed by atoms with Gasteiger partial charge < -0.3 is 4.74 Å². The summed E-state index contributed by atoms with van der Waals surface area (Å²) in [5.74, 6) is 0.696. The van der Waals surface area contributed by atoms with Gasteiger partial charge in [0.2, 0.25) is 0 Å². The zero-order valence-electron chi connectivity index (χ0n) is 8.99. The van der Waals surface area contributed by atoms with E-state index in [4.69, 9.17) is 4.74 Å². The molecule has 0 aromatic carbocycles. The molecule has 4 nitrogen and oxygen atoms in total. The SMILES string of the molecule is C=C(N=CC)N(NC)C1CCCCO1. The second-order valence-corrected chi connectivity index (χ2v) is 3.22. The third-order valence-electron chi connectivity index (χ3n) is 2.24. The third kappa shape index (κ3) is 2.82. The van der Waals surface area contributed by atoms with Gasteiger partial charge in [0, 0.05) is 19.9 Å². The van der Waals surface area contributed by atoms with Gasteiger partial charge in [-0.1, -0.05) is 6.58 Å². The summed E-state index contributed by atoms with van der Waals surface area (Å²) in [6.07, 6.45) is 5.18. The Labute approximate surface area is 85.6 Å². The van der Waals surface area contributed by atoms with Gasteiger partial charge in [-0.15, -0.1) is 0 Å². The molecule has 1 rings (SSSR count). The van der Waals surface area contributed by atoms with E-state index >= 15 is 0 Å². The lowest BCUT2D eigenvalue weighted by atomic mass is 10.2. The Kier molecular flexibility index (Phi) is 4.62. The minimum Gasteiger partial charge on any atom is -0.357 e.